The van der Waals surface area contributed by atoms with Gasteiger partial charge in [-0.25, -0.2) is 0 Å². The molecule has 2 saturated heterocycles. The minimum Gasteiger partial charge on any atom is -0.494 e. The van der Waals surface area contributed by atoms with Crippen molar-refractivity contribution >= 4 is 5.91 Å². The van der Waals surface area contributed by atoms with Crippen LogP contribution in [0.1, 0.15) is 62.2 Å². The SMILES string of the molecule is CCNCCCCCOc1ccc(C(=O)N2CCC[C@H]2CN2CCCC2)cc1. The molecule has 5 heteroatoms. The van der Waals surface area contributed by atoms with Crippen LogP contribution < -0.4 is 10.1 Å². The average molecular weight is 388 g/mol. The summed E-state index contributed by atoms with van der Waals surface area (Å²) in [4.78, 5) is 17.6. The molecule has 0 spiro atoms. The summed E-state index contributed by atoms with van der Waals surface area (Å²) in [5.74, 6) is 1.04. The Labute approximate surface area is 170 Å². The number of hydrogen-bond donors (Lipinski definition) is 1. The number of nitrogens with zero attached hydrogens (tertiary/aromatic N) is 2. The van der Waals surface area contributed by atoms with Gasteiger partial charge in [-0.3, -0.25) is 4.79 Å². The van der Waals surface area contributed by atoms with E-state index in [1.807, 2.05) is 24.3 Å². The second kappa shape index (κ2) is 11.4. The Balaban J connectivity index is 1.42. The van der Waals surface area contributed by atoms with Crippen LogP contribution in [0.2, 0.25) is 0 Å². The van der Waals surface area contributed by atoms with E-state index in [-0.39, 0.29) is 5.91 Å². The van der Waals surface area contributed by atoms with Crippen LogP contribution >= 0.6 is 0 Å². The zero-order valence-corrected chi connectivity index (χ0v) is 17.5. The van der Waals surface area contributed by atoms with Gasteiger partial charge >= 0.3 is 0 Å². The molecule has 2 aliphatic rings. The molecule has 156 valence electrons. The fraction of sp³-hybridized carbons (Fsp3) is 0.696. The van der Waals surface area contributed by atoms with E-state index < -0.39 is 0 Å². The maximum Gasteiger partial charge on any atom is 0.254 e. The smallest absolute Gasteiger partial charge is 0.254 e. The molecule has 3 rings (SSSR count). The second-order valence-corrected chi connectivity index (χ2v) is 8.09. The van der Waals surface area contributed by atoms with E-state index in [0.29, 0.717) is 6.04 Å². The van der Waals surface area contributed by atoms with E-state index in [1.165, 1.54) is 38.8 Å². The summed E-state index contributed by atoms with van der Waals surface area (Å²) < 4.78 is 5.83. The standard InChI is InChI=1S/C23H37N3O2/c1-2-24-14-4-3-7-18-28-22-12-10-20(11-13-22)23(27)26-17-8-9-21(26)19-25-15-5-6-16-25/h10-13,21,24H,2-9,14-19H2,1H3/t21-/m0/s1. The lowest BCUT2D eigenvalue weighted by molar-refractivity contribution is 0.0708. The first-order valence-electron chi connectivity index (χ1n) is 11.2. The largest absolute Gasteiger partial charge is 0.494 e. The lowest BCUT2D eigenvalue weighted by atomic mass is 10.1. The number of carbonyl (C=O) groups excluding carboxylic acids is 1. The number of benzene rings is 1. The van der Waals surface area contributed by atoms with Crippen molar-refractivity contribution in [2.24, 2.45) is 0 Å². The summed E-state index contributed by atoms with van der Waals surface area (Å²) in [5.41, 5.74) is 0.784. The van der Waals surface area contributed by atoms with Crippen LogP contribution in [0.15, 0.2) is 24.3 Å². The van der Waals surface area contributed by atoms with Crippen LogP contribution in [0.25, 0.3) is 0 Å². The van der Waals surface area contributed by atoms with Gasteiger partial charge in [0.2, 0.25) is 0 Å². The van der Waals surface area contributed by atoms with Crippen LogP contribution in [0, 0.1) is 0 Å². The van der Waals surface area contributed by atoms with Crippen LogP contribution in [0.5, 0.6) is 5.75 Å². The molecule has 1 amide bonds. The highest BCUT2D eigenvalue weighted by atomic mass is 16.5. The Morgan fingerprint density at radius 3 is 2.61 bits per heavy atom. The maximum atomic E-state index is 13.0. The molecule has 1 atom stereocenters. The predicted molar refractivity (Wildman–Crippen MR) is 114 cm³/mol. The fourth-order valence-corrected chi connectivity index (χ4v) is 4.31. The third-order valence-corrected chi connectivity index (χ3v) is 5.92. The normalized spacial score (nSPS) is 20.0. The highest BCUT2D eigenvalue weighted by molar-refractivity contribution is 5.94. The molecule has 1 aromatic rings. The lowest BCUT2D eigenvalue weighted by Crippen LogP contribution is -2.42. The molecule has 1 N–H and O–H groups in total. The molecule has 2 fully saturated rings. The molecular weight excluding hydrogens is 350 g/mol. The summed E-state index contributed by atoms with van der Waals surface area (Å²) in [6.45, 7) is 9.32. The topological polar surface area (TPSA) is 44.8 Å². The van der Waals surface area contributed by atoms with E-state index in [9.17, 15) is 4.79 Å². The van der Waals surface area contributed by atoms with Crippen LogP contribution in [-0.2, 0) is 0 Å². The van der Waals surface area contributed by atoms with Crippen LogP contribution in [-0.4, -0.2) is 67.6 Å². The first kappa shape index (κ1) is 21.1. The van der Waals surface area contributed by atoms with Crippen LogP contribution in [0.4, 0.5) is 0 Å². The Morgan fingerprint density at radius 1 is 1.07 bits per heavy atom. The quantitative estimate of drug-likeness (QED) is 0.590. The third kappa shape index (κ3) is 6.21. The van der Waals surface area contributed by atoms with Crippen LogP contribution in [0.3, 0.4) is 0 Å². The third-order valence-electron chi connectivity index (χ3n) is 5.92. The molecule has 0 saturated carbocycles. The van der Waals surface area contributed by atoms with E-state index in [1.54, 1.807) is 0 Å². The molecule has 28 heavy (non-hydrogen) atoms. The second-order valence-electron chi connectivity index (χ2n) is 8.09. The number of hydrogen-bond acceptors (Lipinski definition) is 4. The first-order chi connectivity index (χ1) is 13.8. The number of nitrogens with one attached hydrogen (secondary N) is 1. The molecule has 5 nitrogen and oxygen atoms in total. The number of amides is 1. The Bertz CT molecular complexity index is 584. The van der Waals surface area contributed by atoms with Crippen molar-refractivity contribution < 1.29 is 9.53 Å². The zero-order valence-electron chi connectivity index (χ0n) is 17.5. The van der Waals surface area contributed by atoms with Gasteiger partial charge in [0.05, 0.1) is 6.61 Å². The van der Waals surface area contributed by atoms with Gasteiger partial charge in [-0.05, 0) is 95.4 Å². The van der Waals surface area contributed by atoms with Crippen molar-refractivity contribution in [1.29, 1.82) is 0 Å². The Hall–Kier alpha value is -1.59. The number of unbranched alkanes of at least 4 members (excludes halogenated alkanes) is 2. The molecule has 1 aromatic carbocycles. The molecule has 0 unspecified atom stereocenters. The zero-order chi connectivity index (χ0) is 19.6. The molecule has 0 aliphatic carbocycles. The summed E-state index contributed by atoms with van der Waals surface area (Å²) in [6.07, 6.45) is 8.31. The minimum absolute atomic E-state index is 0.177. The van der Waals surface area contributed by atoms with Gasteiger partial charge in [-0.1, -0.05) is 6.92 Å². The van der Waals surface area contributed by atoms with Gasteiger partial charge in [0.1, 0.15) is 5.75 Å². The monoisotopic (exact) mass is 387 g/mol. The highest BCUT2D eigenvalue weighted by Crippen LogP contribution is 2.23. The highest BCUT2D eigenvalue weighted by Gasteiger charge is 2.31. The van der Waals surface area contributed by atoms with Crippen molar-refractivity contribution in [1.82, 2.24) is 15.1 Å². The van der Waals surface area contributed by atoms with Gasteiger partial charge in [0, 0.05) is 24.7 Å². The van der Waals surface area contributed by atoms with Gasteiger partial charge in [0.15, 0.2) is 0 Å². The minimum atomic E-state index is 0.177. The fourth-order valence-electron chi connectivity index (χ4n) is 4.31. The van der Waals surface area contributed by atoms with Gasteiger partial charge in [-0.15, -0.1) is 0 Å². The van der Waals surface area contributed by atoms with Crippen molar-refractivity contribution in [2.45, 2.75) is 57.9 Å². The van der Waals surface area contributed by atoms with E-state index in [4.69, 9.17) is 4.74 Å². The van der Waals surface area contributed by atoms with Gasteiger partial charge in [-0.2, -0.15) is 0 Å². The van der Waals surface area contributed by atoms with E-state index >= 15 is 0 Å². The molecule has 0 aromatic heterocycles. The number of carbonyl (C=O) groups is 1. The van der Waals surface area contributed by atoms with Crippen molar-refractivity contribution in [3.8, 4) is 5.75 Å². The van der Waals surface area contributed by atoms with Crippen molar-refractivity contribution in [3.63, 3.8) is 0 Å². The summed E-state index contributed by atoms with van der Waals surface area (Å²) in [6, 6.07) is 8.11. The first-order valence-corrected chi connectivity index (χ1v) is 11.2. The molecule has 0 radical (unpaired) electrons. The van der Waals surface area contributed by atoms with Gasteiger partial charge in [0.25, 0.3) is 5.91 Å². The molecular formula is C23H37N3O2. The summed E-state index contributed by atoms with van der Waals surface area (Å²) in [7, 11) is 0. The lowest BCUT2D eigenvalue weighted by Gasteiger charge is -2.28. The number of ether oxygens (including phenoxy) is 1. The number of likely N-dealkylation sites (tertiary alicyclic amines) is 2. The van der Waals surface area contributed by atoms with Crippen molar-refractivity contribution in [2.75, 3.05) is 45.9 Å². The Kier molecular flexibility index (Phi) is 8.62. The number of rotatable bonds is 11. The molecule has 0 bridgehead atoms. The molecule has 2 heterocycles. The van der Waals surface area contributed by atoms with E-state index in [0.717, 1.165) is 63.4 Å². The summed E-state index contributed by atoms with van der Waals surface area (Å²) >= 11 is 0. The average Bonchev–Trinajstić information content (AvgIpc) is 3.40. The Morgan fingerprint density at radius 2 is 1.86 bits per heavy atom. The van der Waals surface area contributed by atoms with Crippen molar-refractivity contribution in [3.05, 3.63) is 29.8 Å². The molecule has 2 aliphatic heterocycles. The maximum absolute atomic E-state index is 13.0. The summed E-state index contributed by atoms with van der Waals surface area (Å²) in [5, 5.41) is 3.34. The van der Waals surface area contributed by atoms with Gasteiger partial charge < -0.3 is 19.9 Å². The van der Waals surface area contributed by atoms with E-state index in [2.05, 4.69) is 22.0 Å². The predicted octanol–water partition coefficient (Wildman–Crippen LogP) is 3.55.